The van der Waals surface area contributed by atoms with Gasteiger partial charge < -0.3 is 15.5 Å². The second-order valence-corrected chi connectivity index (χ2v) is 11.7. The minimum atomic E-state index is -0.188. The molecule has 1 unspecified atom stereocenters. The van der Waals surface area contributed by atoms with Crippen LogP contribution < -0.4 is 14.9 Å². The molecule has 0 radical (unpaired) electrons. The van der Waals surface area contributed by atoms with Crippen molar-refractivity contribution in [1.29, 1.82) is 0 Å². The summed E-state index contributed by atoms with van der Waals surface area (Å²) in [5.41, 5.74) is 2.26. The van der Waals surface area contributed by atoms with Crippen LogP contribution in [0.2, 0.25) is 0 Å². The van der Waals surface area contributed by atoms with E-state index in [1.54, 1.807) is 18.2 Å². The number of benzene rings is 3. The lowest BCUT2D eigenvalue weighted by atomic mass is 10.1. The van der Waals surface area contributed by atoms with Crippen LogP contribution in [0.25, 0.3) is 0 Å². The average molecular weight is 592 g/mol. The van der Waals surface area contributed by atoms with Gasteiger partial charge in [-0.2, -0.15) is 0 Å². The highest BCUT2D eigenvalue weighted by atomic mass is 35.5. The fraction of sp³-hybridized carbons (Fsp3) is 0.281. The van der Waals surface area contributed by atoms with E-state index in [4.69, 9.17) is 0 Å². The number of allylic oxidation sites excluding steroid dienone is 1. The molecule has 2 aliphatic rings. The van der Waals surface area contributed by atoms with Gasteiger partial charge >= 0.3 is 0 Å². The molecule has 1 saturated heterocycles. The zero-order valence-electron chi connectivity index (χ0n) is 23.4. The van der Waals surface area contributed by atoms with Gasteiger partial charge in [0.2, 0.25) is 5.91 Å². The summed E-state index contributed by atoms with van der Waals surface area (Å²) in [7, 11) is -0.144. The van der Waals surface area contributed by atoms with Crippen molar-refractivity contribution >= 4 is 51.6 Å². The Kier molecular flexibility index (Phi) is 11.0. The van der Waals surface area contributed by atoms with E-state index in [-0.39, 0.29) is 34.9 Å². The number of para-hydroxylation sites is 2. The van der Waals surface area contributed by atoms with E-state index in [0.717, 1.165) is 45.6 Å². The van der Waals surface area contributed by atoms with Crippen molar-refractivity contribution in [3.63, 3.8) is 0 Å². The number of unbranched alkanes of at least 4 members (excludes halogenated alkanes) is 1. The molecule has 1 atom stereocenters. The normalized spacial score (nSPS) is 16.8. The maximum absolute atomic E-state index is 12.6. The third-order valence-electron chi connectivity index (χ3n) is 7.09. The van der Waals surface area contributed by atoms with Gasteiger partial charge in [-0.1, -0.05) is 59.2 Å². The van der Waals surface area contributed by atoms with Crippen molar-refractivity contribution in [3.8, 4) is 0 Å². The molecule has 41 heavy (non-hydrogen) atoms. The molecular weight excluding hydrogens is 554 g/mol. The summed E-state index contributed by atoms with van der Waals surface area (Å²) in [4.78, 5) is 30.4. The number of amides is 2. The summed E-state index contributed by atoms with van der Waals surface area (Å²) in [6, 6.07) is 28.5. The predicted molar refractivity (Wildman–Crippen MR) is 173 cm³/mol. The first-order valence-corrected chi connectivity index (χ1v) is 15.2. The number of nitrogens with one attached hydrogen (secondary N) is 2. The molecule has 0 bridgehead atoms. The van der Waals surface area contributed by atoms with Crippen molar-refractivity contribution in [2.75, 3.05) is 48.9 Å². The number of rotatable bonds is 10. The molecule has 7 nitrogen and oxygen atoms in total. The van der Waals surface area contributed by atoms with E-state index in [1.807, 2.05) is 6.07 Å². The summed E-state index contributed by atoms with van der Waals surface area (Å²) in [6.45, 7) is 7.11. The lowest BCUT2D eigenvalue weighted by molar-refractivity contribution is -0.114. The zero-order chi connectivity index (χ0) is 27.7. The standard InChI is InChI=1S/C32H37N5O2S.ClH/c1-26(38)34-30-17-9-8-16-29(30)32(39)33-19-10-11-20-35-21-23-36(24-22-35)31-18-25-40(28-14-6-3-7-15-28)37(31)27-12-4-2-5-13-27;/h2-9,12-18,25H,10-11,19-24H2,1H3,(H,33,39)(H,34,38);1H. The highest BCUT2D eigenvalue weighted by molar-refractivity contribution is 8.16. The fourth-order valence-electron chi connectivity index (χ4n) is 5.08. The summed E-state index contributed by atoms with van der Waals surface area (Å²) >= 11 is 0. The minimum Gasteiger partial charge on any atom is -0.355 e. The lowest BCUT2D eigenvalue weighted by Gasteiger charge is -2.40. The molecule has 3 aromatic carbocycles. The van der Waals surface area contributed by atoms with Crippen LogP contribution in [0.15, 0.2) is 102 Å². The smallest absolute Gasteiger partial charge is 0.253 e. The largest absolute Gasteiger partial charge is 0.355 e. The Morgan fingerprint density at radius 3 is 2.20 bits per heavy atom. The van der Waals surface area contributed by atoms with E-state index < -0.39 is 0 Å². The summed E-state index contributed by atoms with van der Waals surface area (Å²) in [5.74, 6) is 0.935. The van der Waals surface area contributed by atoms with E-state index in [2.05, 4.69) is 96.8 Å². The first-order chi connectivity index (χ1) is 19.6. The van der Waals surface area contributed by atoms with E-state index >= 15 is 0 Å². The number of halogens is 1. The van der Waals surface area contributed by atoms with Crippen LogP contribution in [0.3, 0.4) is 0 Å². The number of anilines is 2. The monoisotopic (exact) mass is 591 g/mol. The third kappa shape index (κ3) is 7.79. The molecule has 5 rings (SSSR count). The van der Waals surface area contributed by atoms with Gasteiger partial charge in [0.15, 0.2) is 0 Å². The van der Waals surface area contributed by atoms with Gasteiger partial charge in [0.05, 0.1) is 16.9 Å². The van der Waals surface area contributed by atoms with Gasteiger partial charge in [-0.3, -0.25) is 18.8 Å². The number of piperazine rings is 1. The van der Waals surface area contributed by atoms with Gasteiger partial charge in [0.25, 0.3) is 5.91 Å². The summed E-state index contributed by atoms with van der Waals surface area (Å²) < 4.78 is 2.48. The van der Waals surface area contributed by atoms with Gasteiger partial charge in [-0.25, -0.2) is 0 Å². The first-order valence-electron chi connectivity index (χ1n) is 13.9. The fourth-order valence-corrected chi connectivity index (χ4v) is 6.98. The van der Waals surface area contributed by atoms with Crippen molar-refractivity contribution in [2.24, 2.45) is 0 Å². The Morgan fingerprint density at radius 1 is 0.829 bits per heavy atom. The van der Waals surface area contributed by atoms with Crippen LogP contribution in [-0.2, 0) is 4.79 Å². The molecule has 2 aliphatic heterocycles. The summed E-state index contributed by atoms with van der Waals surface area (Å²) in [5, 5.41) is 8.07. The van der Waals surface area contributed by atoms with Crippen molar-refractivity contribution < 1.29 is 9.59 Å². The molecule has 1 fully saturated rings. The maximum Gasteiger partial charge on any atom is 0.253 e. The SMILES string of the molecule is CC(=O)Nc1ccccc1C(=O)NCCCCN1CCN(C2=CC=S(c3ccccc3)N2c2ccccc2)CC1.Cl. The van der Waals surface area contributed by atoms with E-state index in [1.165, 1.54) is 23.3 Å². The van der Waals surface area contributed by atoms with Crippen LogP contribution >= 0.6 is 23.1 Å². The van der Waals surface area contributed by atoms with Crippen LogP contribution in [0.4, 0.5) is 11.4 Å². The molecule has 9 heteroatoms. The Labute approximate surface area is 251 Å². The number of hydrogen-bond donors (Lipinski definition) is 2. The second-order valence-electron chi connectivity index (χ2n) is 9.94. The molecule has 2 heterocycles. The Morgan fingerprint density at radius 2 is 1.49 bits per heavy atom. The number of hydrogen-bond acceptors (Lipinski definition) is 5. The van der Waals surface area contributed by atoms with Crippen molar-refractivity contribution in [3.05, 3.63) is 102 Å². The molecule has 3 aromatic rings. The Balaban J connectivity index is 0.00000387. The first kappa shape index (κ1) is 30.4. The zero-order valence-corrected chi connectivity index (χ0v) is 25.0. The number of carbonyl (C=O) groups is 2. The van der Waals surface area contributed by atoms with Crippen molar-refractivity contribution in [2.45, 2.75) is 24.7 Å². The quantitative estimate of drug-likeness (QED) is 0.237. The maximum atomic E-state index is 12.6. The summed E-state index contributed by atoms with van der Waals surface area (Å²) in [6.07, 6.45) is 4.24. The molecule has 2 N–H and O–H groups in total. The number of nitrogens with zero attached hydrogens (tertiary/aromatic N) is 3. The predicted octanol–water partition coefficient (Wildman–Crippen LogP) is 5.60. The van der Waals surface area contributed by atoms with E-state index in [9.17, 15) is 9.59 Å². The van der Waals surface area contributed by atoms with Gasteiger partial charge in [0, 0.05) is 44.5 Å². The lowest BCUT2D eigenvalue weighted by Crippen LogP contribution is -2.48. The second kappa shape index (κ2) is 14.9. The van der Waals surface area contributed by atoms with Crippen LogP contribution in [0, 0.1) is 0 Å². The molecule has 0 saturated carbocycles. The molecular formula is C32H38ClN5O2S. The highest BCUT2D eigenvalue weighted by Crippen LogP contribution is 2.42. The highest BCUT2D eigenvalue weighted by Gasteiger charge is 2.28. The Hall–Kier alpha value is -3.59. The van der Waals surface area contributed by atoms with Gasteiger partial charge in [-0.15, -0.1) is 12.4 Å². The minimum absolute atomic E-state index is 0. The van der Waals surface area contributed by atoms with Crippen molar-refractivity contribution in [1.82, 2.24) is 15.1 Å². The topological polar surface area (TPSA) is 67.9 Å². The van der Waals surface area contributed by atoms with Gasteiger partial charge in [0.1, 0.15) is 5.82 Å². The molecule has 0 spiro atoms. The van der Waals surface area contributed by atoms with Crippen LogP contribution in [-0.4, -0.2) is 66.3 Å². The molecule has 0 aromatic heterocycles. The van der Waals surface area contributed by atoms with Crippen LogP contribution in [0.5, 0.6) is 0 Å². The Bertz CT molecular complexity index is 1380. The number of carbonyl (C=O) groups excluding carboxylic acids is 2. The molecule has 216 valence electrons. The molecule has 2 amide bonds. The van der Waals surface area contributed by atoms with Crippen LogP contribution in [0.1, 0.15) is 30.1 Å². The average Bonchev–Trinajstić information content (AvgIpc) is 3.43. The third-order valence-corrected chi connectivity index (χ3v) is 9.03. The molecule has 0 aliphatic carbocycles. The van der Waals surface area contributed by atoms with E-state index in [0.29, 0.717) is 17.8 Å². The van der Waals surface area contributed by atoms with Gasteiger partial charge in [-0.05, 0) is 67.2 Å².